The fourth-order valence-corrected chi connectivity index (χ4v) is 3.81. The lowest BCUT2D eigenvalue weighted by Crippen LogP contribution is -2.26. The summed E-state index contributed by atoms with van der Waals surface area (Å²) in [6.45, 7) is 0. The second-order valence-electron chi connectivity index (χ2n) is 5.35. The highest BCUT2D eigenvalue weighted by atomic mass is 32.1. The lowest BCUT2D eigenvalue weighted by Gasteiger charge is -2.11. The van der Waals surface area contributed by atoms with Crippen molar-refractivity contribution in [2.75, 3.05) is 0 Å². The third kappa shape index (κ3) is 3.02. The number of carbonyl (C=O) groups excluding carboxylic acids is 1. The number of nitrogens with one attached hydrogen (secondary N) is 1. The summed E-state index contributed by atoms with van der Waals surface area (Å²) < 4.78 is 12.9. The van der Waals surface area contributed by atoms with E-state index in [4.69, 9.17) is 0 Å². The van der Waals surface area contributed by atoms with Crippen molar-refractivity contribution < 1.29 is 9.18 Å². The lowest BCUT2D eigenvalue weighted by molar-refractivity contribution is 0.0949. The minimum atomic E-state index is -0.771. The van der Waals surface area contributed by atoms with E-state index in [-0.39, 0.29) is 11.7 Å². The number of benzene rings is 1. The van der Waals surface area contributed by atoms with Crippen molar-refractivity contribution in [1.82, 2.24) is 5.32 Å². The Morgan fingerprint density at radius 1 is 1.27 bits per heavy atom. The van der Waals surface area contributed by atoms with E-state index < -0.39 is 6.04 Å². The molecule has 22 heavy (non-hydrogen) atoms. The van der Waals surface area contributed by atoms with Gasteiger partial charge in [-0.3, -0.25) is 4.79 Å². The first-order valence-electron chi connectivity index (χ1n) is 7.25. The lowest BCUT2D eigenvalue weighted by atomic mass is 9.99. The molecule has 1 aliphatic rings. The zero-order chi connectivity index (χ0) is 15.5. The molecule has 0 radical (unpaired) electrons. The number of nitrogens with zero attached hydrogens (tertiary/aromatic N) is 1. The molecule has 3 rings (SSSR count). The van der Waals surface area contributed by atoms with Crippen LogP contribution >= 0.6 is 11.3 Å². The van der Waals surface area contributed by atoms with E-state index in [1.807, 2.05) is 6.07 Å². The number of amides is 1. The molecule has 1 aromatic carbocycles. The van der Waals surface area contributed by atoms with Gasteiger partial charge in [-0.2, -0.15) is 5.26 Å². The van der Waals surface area contributed by atoms with Crippen LogP contribution in [0.2, 0.25) is 0 Å². The Morgan fingerprint density at radius 3 is 2.68 bits per heavy atom. The molecule has 1 atom stereocenters. The molecule has 1 heterocycles. The summed E-state index contributed by atoms with van der Waals surface area (Å²) in [6.07, 6.45) is 4.40. The van der Waals surface area contributed by atoms with E-state index in [1.54, 1.807) is 0 Å². The van der Waals surface area contributed by atoms with Crippen LogP contribution in [-0.2, 0) is 12.8 Å². The Bertz CT molecular complexity index is 707. The molecule has 0 saturated carbocycles. The van der Waals surface area contributed by atoms with Crippen molar-refractivity contribution in [2.24, 2.45) is 0 Å². The largest absolute Gasteiger partial charge is 0.332 e. The van der Waals surface area contributed by atoms with Crippen molar-refractivity contribution in [3.8, 4) is 6.07 Å². The molecule has 0 fully saturated rings. The number of carbonyl (C=O) groups is 1. The molecule has 3 nitrogen and oxygen atoms in total. The first kappa shape index (κ1) is 14.7. The number of hydrogen-bond acceptors (Lipinski definition) is 3. The van der Waals surface area contributed by atoms with Gasteiger partial charge in [0.15, 0.2) is 0 Å². The summed E-state index contributed by atoms with van der Waals surface area (Å²) in [5.41, 5.74) is 1.84. The van der Waals surface area contributed by atoms with Gasteiger partial charge in [-0.25, -0.2) is 4.39 Å². The Hall–Kier alpha value is -2.19. The van der Waals surface area contributed by atoms with Crippen molar-refractivity contribution in [2.45, 2.75) is 31.7 Å². The van der Waals surface area contributed by atoms with Crippen LogP contribution in [0.3, 0.4) is 0 Å². The van der Waals surface area contributed by atoms with Gasteiger partial charge in [0, 0.05) is 4.88 Å². The van der Waals surface area contributed by atoms with Gasteiger partial charge in [-0.1, -0.05) is 12.1 Å². The maximum atomic E-state index is 12.9. The third-order valence-electron chi connectivity index (χ3n) is 3.83. The number of rotatable bonds is 3. The van der Waals surface area contributed by atoms with Crippen LogP contribution in [0.4, 0.5) is 4.39 Å². The quantitative estimate of drug-likeness (QED) is 0.938. The summed E-state index contributed by atoms with van der Waals surface area (Å²) >= 11 is 1.51. The molecular formula is C17H15FN2OS. The highest BCUT2D eigenvalue weighted by Crippen LogP contribution is 2.30. The van der Waals surface area contributed by atoms with Crippen LogP contribution in [0, 0.1) is 17.1 Å². The molecule has 2 aromatic rings. The van der Waals surface area contributed by atoms with E-state index in [0.717, 1.165) is 12.8 Å². The molecule has 0 spiro atoms. The first-order valence-corrected chi connectivity index (χ1v) is 8.06. The number of halogens is 1. The van der Waals surface area contributed by atoms with Gasteiger partial charge in [-0.15, -0.1) is 11.3 Å². The second-order valence-corrected chi connectivity index (χ2v) is 6.49. The van der Waals surface area contributed by atoms with E-state index in [0.29, 0.717) is 10.4 Å². The molecule has 1 N–H and O–H groups in total. The maximum Gasteiger partial charge on any atom is 0.262 e. The van der Waals surface area contributed by atoms with Crippen LogP contribution in [0.25, 0.3) is 0 Å². The van der Waals surface area contributed by atoms with Gasteiger partial charge >= 0.3 is 0 Å². The number of hydrogen-bond donors (Lipinski definition) is 1. The van der Waals surface area contributed by atoms with Crippen molar-refractivity contribution in [3.63, 3.8) is 0 Å². The topological polar surface area (TPSA) is 52.9 Å². The molecule has 0 bridgehead atoms. The van der Waals surface area contributed by atoms with E-state index >= 15 is 0 Å². The summed E-state index contributed by atoms with van der Waals surface area (Å²) in [5.74, 6) is -0.604. The van der Waals surface area contributed by atoms with Crippen LogP contribution < -0.4 is 5.32 Å². The summed E-state index contributed by atoms with van der Waals surface area (Å²) in [4.78, 5) is 14.3. The van der Waals surface area contributed by atoms with Gasteiger partial charge in [0.2, 0.25) is 0 Å². The van der Waals surface area contributed by atoms with Crippen LogP contribution in [-0.4, -0.2) is 5.91 Å². The van der Waals surface area contributed by atoms with Gasteiger partial charge in [0.1, 0.15) is 11.9 Å². The van der Waals surface area contributed by atoms with Crippen molar-refractivity contribution in [3.05, 3.63) is 57.0 Å². The van der Waals surface area contributed by atoms with Crippen LogP contribution in [0.15, 0.2) is 30.3 Å². The van der Waals surface area contributed by atoms with Gasteiger partial charge in [-0.05, 0) is 55.0 Å². The van der Waals surface area contributed by atoms with E-state index in [2.05, 4.69) is 11.4 Å². The predicted molar refractivity (Wildman–Crippen MR) is 83.2 cm³/mol. The number of fused-ring (bicyclic) bond motifs is 1. The van der Waals surface area contributed by atoms with E-state index in [9.17, 15) is 14.4 Å². The maximum absolute atomic E-state index is 12.9. The molecule has 1 amide bonds. The van der Waals surface area contributed by atoms with E-state index in [1.165, 1.54) is 58.9 Å². The second kappa shape index (κ2) is 6.29. The zero-order valence-electron chi connectivity index (χ0n) is 11.9. The third-order valence-corrected chi connectivity index (χ3v) is 5.06. The highest BCUT2D eigenvalue weighted by molar-refractivity contribution is 7.14. The monoisotopic (exact) mass is 314 g/mol. The van der Waals surface area contributed by atoms with Crippen molar-refractivity contribution in [1.29, 1.82) is 5.26 Å². The summed E-state index contributed by atoms with van der Waals surface area (Å²) in [6, 6.07) is 8.83. The molecule has 1 aromatic heterocycles. The SMILES string of the molecule is N#C[C@@H](NC(=O)c1cc2c(s1)CCCC2)c1ccc(F)cc1. The minimum Gasteiger partial charge on any atom is -0.332 e. The Balaban J connectivity index is 1.76. The Labute approximate surface area is 132 Å². The fourth-order valence-electron chi connectivity index (χ4n) is 2.65. The van der Waals surface area contributed by atoms with Gasteiger partial charge < -0.3 is 5.32 Å². The average molecular weight is 314 g/mol. The first-order chi connectivity index (χ1) is 10.7. The number of thiophene rings is 1. The van der Waals surface area contributed by atoms with Gasteiger partial charge in [0.25, 0.3) is 5.91 Å². The molecule has 112 valence electrons. The zero-order valence-corrected chi connectivity index (χ0v) is 12.8. The van der Waals surface area contributed by atoms with Gasteiger partial charge in [0.05, 0.1) is 10.9 Å². The molecule has 5 heteroatoms. The Morgan fingerprint density at radius 2 is 2.00 bits per heavy atom. The minimum absolute atomic E-state index is 0.240. The number of aryl methyl sites for hydroxylation is 2. The molecule has 0 saturated heterocycles. The predicted octanol–water partition coefficient (Wildman–Crippen LogP) is 3.76. The van der Waals surface area contributed by atoms with Crippen molar-refractivity contribution >= 4 is 17.2 Å². The highest BCUT2D eigenvalue weighted by Gasteiger charge is 2.20. The molecule has 1 aliphatic carbocycles. The number of nitriles is 1. The average Bonchev–Trinajstić information content (AvgIpc) is 2.97. The molecule has 0 aliphatic heterocycles. The summed E-state index contributed by atoms with van der Waals surface area (Å²) in [7, 11) is 0. The fraction of sp³-hybridized carbons (Fsp3) is 0.294. The normalized spacial score (nSPS) is 14.7. The van der Waals surface area contributed by atoms with Crippen LogP contribution in [0.5, 0.6) is 0 Å². The molecular weight excluding hydrogens is 299 g/mol. The summed E-state index contributed by atoms with van der Waals surface area (Å²) in [5, 5.41) is 12.0. The standard InChI is InChI=1S/C17H15FN2OS/c18-13-7-5-11(6-8-13)14(10-19)20-17(21)16-9-12-3-1-2-4-15(12)22-16/h5-9,14H,1-4H2,(H,20,21)/t14-/m1/s1. The molecule has 0 unspecified atom stereocenters. The van der Waals surface area contributed by atoms with Crippen LogP contribution in [0.1, 0.15) is 44.6 Å². The Kier molecular flexibility index (Phi) is 4.21. The smallest absolute Gasteiger partial charge is 0.262 e.